The highest BCUT2D eigenvalue weighted by atomic mass is 31.2. The number of phenols is 1. The minimum atomic E-state index is -3.11. The van der Waals surface area contributed by atoms with Crippen LogP contribution in [0.4, 0.5) is 0 Å². The molecule has 0 spiro atoms. The van der Waals surface area contributed by atoms with Crippen LogP contribution in [-0.4, -0.2) is 40.0 Å². The minimum absolute atomic E-state index is 0.163. The third-order valence-electron chi connectivity index (χ3n) is 7.06. The molecular formula is C34H42O5PSi+. The summed E-state index contributed by atoms with van der Waals surface area (Å²) in [6.45, 7) is 13.5. The molecule has 0 bridgehead atoms. The molecule has 216 valence electrons. The number of ether oxygens (including phenoxy) is 1. The summed E-state index contributed by atoms with van der Waals surface area (Å²) in [5.41, 5.74) is 3.56. The van der Waals surface area contributed by atoms with Crippen molar-refractivity contribution in [3.05, 3.63) is 108 Å². The smallest absolute Gasteiger partial charge is 0.508 e. The largest absolute Gasteiger partial charge is 0.540 e. The SMILES string of the molecule is CCO[Si](COc1ccc(O)cc1[P+](c1ccc(C)cc1)(c1ccc(C)cc1)c1ccc(C)cc1)(OCC)OCC. The summed E-state index contributed by atoms with van der Waals surface area (Å²) >= 11 is 0. The molecule has 5 nitrogen and oxygen atoms in total. The van der Waals surface area contributed by atoms with Crippen LogP contribution in [0.3, 0.4) is 0 Å². The molecule has 0 aromatic heterocycles. The van der Waals surface area contributed by atoms with Crippen LogP contribution < -0.4 is 26.0 Å². The molecule has 0 unspecified atom stereocenters. The molecule has 0 heterocycles. The lowest BCUT2D eigenvalue weighted by Crippen LogP contribution is -2.52. The second-order valence-electron chi connectivity index (χ2n) is 10.1. The summed E-state index contributed by atoms with van der Waals surface area (Å²) < 4.78 is 25.0. The molecule has 4 aromatic carbocycles. The quantitative estimate of drug-likeness (QED) is 0.155. The number of rotatable bonds is 13. The lowest BCUT2D eigenvalue weighted by atomic mass is 10.2. The van der Waals surface area contributed by atoms with Crippen molar-refractivity contribution in [1.82, 2.24) is 0 Å². The summed E-state index contributed by atoms with van der Waals surface area (Å²) in [7, 11) is -5.66. The van der Waals surface area contributed by atoms with Crippen molar-refractivity contribution in [3.63, 3.8) is 0 Å². The van der Waals surface area contributed by atoms with Gasteiger partial charge in [-0.2, -0.15) is 0 Å². The maximum atomic E-state index is 11.0. The number of phenolic OH excluding ortho intramolecular Hbond substituents is 1. The lowest BCUT2D eigenvalue weighted by molar-refractivity contribution is 0.0542. The molecule has 1 N–H and O–H groups in total. The van der Waals surface area contributed by atoms with Crippen LogP contribution >= 0.6 is 7.26 Å². The van der Waals surface area contributed by atoms with Gasteiger partial charge in [0.25, 0.3) is 0 Å². The molecule has 0 amide bonds. The Morgan fingerprint density at radius 1 is 0.585 bits per heavy atom. The van der Waals surface area contributed by atoms with Crippen LogP contribution in [0.1, 0.15) is 37.5 Å². The molecule has 4 aromatic rings. The van der Waals surface area contributed by atoms with E-state index >= 15 is 0 Å². The normalized spacial score (nSPS) is 12.0. The van der Waals surface area contributed by atoms with Gasteiger partial charge in [0.2, 0.25) is 0 Å². The Balaban J connectivity index is 2.02. The third kappa shape index (κ3) is 6.74. The van der Waals surface area contributed by atoms with Gasteiger partial charge in [-0.05, 0) is 90.1 Å². The zero-order valence-electron chi connectivity index (χ0n) is 25.0. The molecule has 0 saturated carbocycles. The molecular weight excluding hydrogens is 547 g/mol. The van der Waals surface area contributed by atoms with Gasteiger partial charge >= 0.3 is 8.80 Å². The number of hydrogen-bond acceptors (Lipinski definition) is 5. The van der Waals surface area contributed by atoms with Gasteiger partial charge in [0.1, 0.15) is 28.9 Å². The summed E-state index contributed by atoms with van der Waals surface area (Å²) in [5, 5.41) is 15.4. The molecule has 7 heteroatoms. The van der Waals surface area contributed by atoms with Crippen molar-refractivity contribution in [2.75, 3.05) is 26.1 Å². The lowest BCUT2D eigenvalue weighted by Gasteiger charge is -2.31. The van der Waals surface area contributed by atoms with E-state index in [-0.39, 0.29) is 12.0 Å². The molecule has 0 fully saturated rings. The standard InChI is InChI=1S/C34H41O5PSi/c1-7-37-41(38-8-2,39-9-3)25-36-33-23-16-29(35)24-34(33)40(30-17-10-26(4)11-18-30,31-19-12-27(5)13-20-31)32-21-14-28(6)15-22-32/h10-24H,7-9,25H2,1-6H3/p+1. The number of aryl methyl sites for hydroxylation is 3. The van der Waals surface area contributed by atoms with Gasteiger partial charge in [-0.15, -0.1) is 0 Å². The fraction of sp³-hybridized carbons (Fsp3) is 0.294. The van der Waals surface area contributed by atoms with Gasteiger partial charge in [-0.3, -0.25) is 0 Å². The molecule has 0 atom stereocenters. The maximum absolute atomic E-state index is 11.0. The zero-order valence-corrected chi connectivity index (χ0v) is 26.9. The van der Waals surface area contributed by atoms with Crippen LogP contribution in [0.15, 0.2) is 91.0 Å². The Morgan fingerprint density at radius 3 is 1.34 bits per heavy atom. The maximum Gasteiger partial charge on any atom is 0.540 e. The van der Waals surface area contributed by atoms with Crippen molar-refractivity contribution in [2.45, 2.75) is 41.5 Å². The van der Waals surface area contributed by atoms with Crippen LogP contribution in [0.2, 0.25) is 0 Å². The highest BCUT2D eigenvalue weighted by Crippen LogP contribution is 2.56. The molecule has 0 saturated heterocycles. The number of aromatic hydroxyl groups is 1. The van der Waals surface area contributed by atoms with Crippen molar-refractivity contribution in [1.29, 1.82) is 0 Å². The van der Waals surface area contributed by atoms with Crippen LogP contribution in [0.5, 0.6) is 11.5 Å². The summed E-state index contributed by atoms with van der Waals surface area (Å²) in [4.78, 5) is 0. The van der Waals surface area contributed by atoms with E-state index < -0.39 is 16.1 Å². The Kier molecular flexibility index (Phi) is 10.4. The van der Waals surface area contributed by atoms with Crippen LogP contribution in [0, 0.1) is 20.8 Å². The van der Waals surface area contributed by atoms with E-state index in [4.69, 9.17) is 18.0 Å². The first-order valence-corrected chi connectivity index (χ1v) is 18.0. The molecule has 0 radical (unpaired) electrons. The van der Waals surface area contributed by atoms with Gasteiger partial charge in [0, 0.05) is 25.9 Å². The average Bonchev–Trinajstić information content (AvgIpc) is 2.96. The fourth-order valence-corrected chi connectivity index (χ4v) is 11.6. The Bertz CT molecular complexity index is 1280. The predicted octanol–water partition coefficient (Wildman–Crippen LogP) is 5.90. The second kappa shape index (κ2) is 13.8. The van der Waals surface area contributed by atoms with Crippen molar-refractivity contribution in [3.8, 4) is 11.5 Å². The Hall–Kier alpha value is -2.99. The highest BCUT2D eigenvalue weighted by Gasteiger charge is 2.51. The van der Waals surface area contributed by atoms with E-state index in [0.29, 0.717) is 25.6 Å². The van der Waals surface area contributed by atoms with E-state index in [1.54, 1.807) is 6.07 Å². The highest BCUT2D eigenvalue weighted by molar-refractivity contribution is 8.01. The first kappa shape index (κ1) is 31.0. The topological polar surface area (TPSA) is 57.2 Å². The molecule has 41 heavy (non-hydrogen) atoms. The van der Waals surface area contributed by atoms with Gasteiger partial charge < -0.3 is 23.1 Å². The van der Waals surface area contributed by atoms with Crippen molar-refractivity contribution in [2.24, 2.45) is 0 Å². The van der Waals surface area contributed by atoms with Gasteiger partial charge in [0.05, 0.1) is 0 Å². The summed E-state index contributed by atoms with van der Waals surface area (Å²) in [6.07, 6.45) is 0.163. The van der Waals surface area contributed by atoms with E-state index in [0.717, 1.165) is 5.30 Å². The van der Waals surface area contributed by atoms with Crippen molar-refractivity contribution < 1.29 is 23.1 Å². The molecule has 4 rings (SSSR count). The first-order valence-electron chi connectivity index (χ1n) is 14.3. The van der Waals surface area contributed by atoms with E-state index in [9.17, 15) is 5.11 Å². The minimum Gasteiger partial charge on any atom is -0.508 e. The zero-order chi connectivity index (χ0) is 29.5. The van der Waals surface area contributed by atoms with Crippen molar-refractivity contribution >= 4 is 37.3 Å². The van der Waals surface area contributed by atoms with Gasteiger partial charge in [0.15, 0.2) is 17.3 Å². The van der Waals surface area contributed by atoms with Crippen LogP contribution in [0.25, 0.3) is 0 Å². The molecule has 0 aliphatic heterocycles. The number of hydrogen-bond donors (Lipinski definition) is 1. The average molecular weight is 590 g/mol. The molecule has 0 aliphatic rings. The van der Waals surface area contributed by atoms with E-state index in [1.165, 1.54) is 32.6 Å². The van der Waals surface area contributed by atoms with Crippen LogP contribution in [-0.2, 0) is 13.3 Å². The number of benzene rings is 4. The molecule has 0 aliphatic carbocycles. The van der Waals surface area contributed by atoms with E-state index in [2.05, 4.69) is 93.6 Å². The first-order chi connectivity index (χ1) is 19.8. The Labute approximate surface area is 246 Å². The van der Waals surface area contributed by atoms with Gasteiger partial charge in [-0.1, -0.05) is 53.1 Å². The second-order valence-corrected chi connectivity index (χ2v) is 16.0. The van der Waals surface area contributed by atoms with Gasteiger partial charge in [-0.25, -0.2) is 0 Å². The fourth-order valence-electron chi connectivity index (χ4n) is 5.14. The monoisotopic (exact) mass is 589 g/mol. The summed E-state index contributed by atoms with van der Waals surface area (Å²) in [5.74, 6) is 0.861. The Morgan fingerprint density at radius 2 is 0.976 bits per heavy atom. The third-order valence-corrected chi connectivity index (χ3v) is 14.0. The predicted molar refractivity (Wildman–Crippen MR) is 173 cm³/mol. The van der Waals surface area contributed by atoms with E-state index in [1.807, 2.05) is 32.9 Å². The summed E-state index contributed by atoms with van der Waals surface area (Å²) in [6, 6.07) is 31.7.